The molecule has 0 aromatic carbocycles. The second-order valence-corrected chi connectivity index (χ2v) is 7.83. The molecule has 2 rings (SSSR count). The van der Waals surface area contributed by atoms with Crippen LogP contribution in [0.5, 0.6) is 0 Å². The summed E-state index contributed by atoms with van der Waals surface area (Å²) < 4.78 is 0. The van der Waals surface area contributed by atoms with Crippen LogP contribution in [0.25, 0.3) is 0 Å². The fraction of sp³-hybridized carbons (Fsp3) is 0.773. The van der Waals surface area contributed by atoms with E-state index in [4.69, 9.17) is 0 Å². The van der Waals surface area contributed by atoms with Gasteiger partial charge in [-0.3, -0.25) is 0 Å². The van der Waals surface area contributed by atoms with Gasteiger partial charge in [0.25, 0.3) is 0 Å². The Hall–Kier alpha value is -1.43. The summed E-state index contributed by atoms with van der Waals surface area (Å²) in [6, 6.07) is 2.62. The molecule has 1 aromatic rings. The predicted molar refractivity (Wildman–Crippen MR) is 103 cm³/mol. The highest BCUT2D eigenvalue weighted by Crippen LogP contribution is 2.42. The van der Waals surface area contributed by atoms with Crippen molar-refractivity contribution in [2.45, 2.75) is 103 Å². The molecule has 0 spiro atoms. The maximum atomic E-state index is 9.86. The summed E-state index contributed by atoms with van der Waals surface area (Å²) in [7, 11) is 0. The van der Waals surface area contributed by atoms with Gasteiger partial charge in [-0.1, -0.05) is 58.8 Å². The van der Waals surface area contributed by atoms with Crippen molar-refractivity contribution >= 4 is 0 Å². The number of aromatic nitrogens is 2. The molecule has 0 N–H and O–H groups in total. The molecule has 1 aliphatic rings. The largest absolute Gasteiger partial charge is 0.241 e. The van der Waals surface area contributed by atoms with E-state index in [9.17, 15) is 5.26 Å². The highest BCUT2D eigenvalue weighted by Gasteiger charge is 2.37. The Morgan fingerprint density at radius 2 is 1.64 bits per heavy atom. The first-order valence-corrected chi connectivity index (χ1v) is 10.5. The van der Waals surface area contributed by atoms with Crippen molar-refractivity contribution in [3.05, 3.63) is 23.8 Å². The van der Waals surface area contributed by atoms with Gasteiger partial charge in [0.05, 0.1) is 11.5 Å². The number of rotatable bonds is 10. The SMILES string of the molecule is CCCCCCc1ncc([C@]2(C#N)CC[C@H](CCCCC)CC2)cn1. The van der Waals surface area contributed by atoms with Crippen molar-refractivity contribution in [1.82, 2.24) is 9.97 Å². The van der Waals surface area contributed by atoms with Crippen LogP contribution in [-0.4, -0.2) is 9.97 Å². The second-order valence-electron chi connectivity index (χ2n) is 7.83. The van der Waals surface area contributed by atoms with E-state index in [0.29, 0.717) is 0 Å². The summed E-state index contributed by atoms with van der Waals surface area (Å²) >= 11 is 0. The summed E-state index contributed by atoms with van der Waals surface area (Å²) in [6.07, 6.45) is 19.4. The molecule has 1 aromatic heterocycles. The van der Waals surface area contributed by atoms with Gasteiger partial charge in [0.15, 0.2) is 0 Å². The smallest absolute Gasteiger partial charge is 0.128 e. The first-order chi connectivity index (χ1) is 12.2. The summed E-state index contributed by atoms with van der Waals surface area (Å²) in [5, 5.41) is 9.86. The fourth-order valence-electron chi connectivity index (χ4n) is 4.05. The summed E-state index contributed by atoms with van der Waals surface area (Å²) in [5.74, 6) is 1.74. The van der Waals surface area contributed by atoms with Crippen LogP contribution in [0.15, 0.2) is 12.4 Å². The Kier molecular flexibility index (Phi) is 8.38. The molecule has 0 saturated heterocycles. The predicted octanol–water partition coefficient (Wildman–Crippen LogP) is 6.13. The summed E-state index contributed by atoms with van der Waals surface area (Å²) in [5.41, 5.74) is 0.696. The first-order valence-electron chi connectivity index (χ1n) is 10.5. The molecule has 1 heterocycles. The van der Waals surface area contributed by atoms with E-state index in [-0.39, 0.29) is 5.41 Å². The lowest BCUT2D eigenvalue weighted by atomic mass is 9.67. The minimum Gasteiger partial charge on any atom is -0.241 e. The second kappa shape index (κ2) is 10.5. The van der Waals surface area contributed by atoms with E-state index in [2.05, 4.69) is 29.9 Å². The van der Waals surface area contributed by atoms with Gasteiger partial charge in [-0.15, -0.1) is 0 Å². The normalized spacial score (nSPS) is 23.3. The molecule has 1 aliphatic carbocycles. The molecule has 0 radical (unpaired) electrons. The molecule has 1 saturated carbocycles. The van der Waals surface area contributed by atoms with Crippen molar-refractivity contribution in [3.63, 3.8) is 0 Å². The van der Waals surface area contributed by atoms with Gasteiger partial charge in [0, 0.05) is 24.4 Å². The lowest BCUT2D eigenvalue weighted by molar-refractivity contribution is 0.261. The Bertz CT molecular complexity index is 521. The average Bonchev–Trinajstić information content (AvgIpc) is 2.67. The average molecular weight is 342 g/mol. The van der Waals surface area contributed by atoms with Crippen molar-refractivity contribution in [1.29, 1.82) is 5.26 Å². The van der Waals surface area contributed by atoms with Gasteiger partial charge >= 0.3 is 0 Å². The molecule has 0 bridgehead atoms. The van der Waals surface area contributed by atoms with Crippen LogP contribution in [0.2, 0.25) is 0 Å². The van der Waals surface area contributed by atoms with Crippen LogP contribution in [-0.2, 0) is 11.8 Å². The highest BCUT2D eigenvalue weighted by atomic mass is 14.9. The Morgan fingerprint density at radius 1 is 1.00 bits per heavy atom. The van der Waals surface area contributed by atoms with Gasteiger partial charge in [-0.2, -0.15) is 5.26 Å². The van der Waals surface area contributed by atoms with E-state index >= 15 is 0 Å². The van der Waals surface area contributed by atoms with Gasteiger partial charge < -0.3 is 0 Å². The van der Waals surface area contributed by atoms with Crippen molar-refractivity contribution in [3.8, 4) is 6.07 Å². The molecule has 0 unspecified atom stereocenters. The van der Waals surface area contributed by atoms with Crippen LogP contribution in [0, 0.1) is 17.2 Å². The van der Waals surface area contributed by atoms with E-state index in [1.54, 1.807) is 0 Å². The minimum atomic E-state index is -0.345. The fourth-order valence-corrected chi connectivity index (χ4v) is 4.05. The van der Waals surface area contributed by atoms with Crippen molar-refractivity contribution < 1.29 is 0 Å². The first kappa shape index (κ1) is 19.9. The van der Waals surface area contributed by atoms with E-state index in [1.165, 1.54) is 57.8 Å². The maximum Gasteiger partial charge on any atom is 0.128 e. The molecule has 0 atom stereocenters. The van der Waals surface area contributed by atoms with E-state index < -0.39 is 0 Å². The zero-order valence-corrected chi connectivity index (χ0v) is 16.3. The van der Waals surface area contributed by atoms with Crippen LogP contribution >= 0.6 is 0 Å². The number of hydrogen-bond donors (Lipinski definition) is 0. The van der Waals surface area contributed by atoms with Gasteiger partial charge in [0.1, 0.15) is 5.82 Å². The zero-order chi connectivity index (χ0) is 18.0. The third kappa shape index (κ3) is 5.80. The number of aryl methyl sites for hydroxylation is 1. The van der Waals surface area contributed by atoms with Gasteiger partial charge in [-0.25, -0.2) is 9.97 Å². The molecular weight excluding hydrogens is 306 g/mol. The van der Waals surface area contributed by atoms with Crippen LogP contribution in [0.3, 0.4) is 0 Å². The quantitative estimate of drug-likeness (QED) is 0.481. The third-order valence-corrected chi connectivity index (χ3v) is 5.90. The van der Waals surface area contributed by atoms with E-state index in [1.807, 2.05) is 12.4 Å². The topological polar surface area (TPSA) is 49.6 Å². The third-order valence-electron chi connectivity index (χ3n) is 5.90. The Morgan fingerprint density at radius 3 is 2.24 bits per heavy atom. The van der Waals surface area contributed by atoms with Crippen LogP contribution in [0.1, 0.15) is 102 Å². The molecule has 0 aliphatic heterocycles. The number of unbranched alkanes of at least 4 members (excludes halogenated alkanes) is 5. The summed E-state index contributed by atoms with van der Waals surface area (Å²) in [4.78, 5) is 9.12. The monoisotopic (exact) mass is 341 g/mol. The standard InChI is InChI=1S/C22H35N3/c1-3-5-7-9-11-21-24-16-20(17-25-21)22(18-23)14-12-19(13-15-22)10-8-6-4-2/h16-17,19H,3-15H2,1-2H3/t19-,22+. The molecule has 138 valence electrons. The van der Waals surface area contributed by atoms with Gasteiger partial charge in [0.2, 0.25) is 0 Å². The lowest BCUT2D eigenvalue weighted by Crippen LogP contribution is -2.30. The van der Waals surface area contributed by atoms with E-state index in [0.717, 1.165) is 43.0 Å². The summed E-state index contributed by atoms with van der Waals surface area (Å²) in [6.45, 7) is 4.49. The number of nitriles is 1. The molecule has 25 heavy (non-hydrogen) atoms. The molecular formula is C22H35N3. The molecule has 3 heteroatoms. The number of hydrogen-bond acceptors (Lipinski definition) is 3. The Labute approximate surface area is 154 Å². The van der Waals surface area contributed by atoms with Crippen molar-refractivity contribution in [2.24, 2.45) is 5.92 Å². The Balaban J connectivity index is 1.89. The highest BCUT2D eigenvalue weighted by molar-refractivity contribution is 5.29. The van der Waals surface area contributed by atoms with Crippen molar-refractivity contribution in [2.75, 3.05) is 0 Å². The van der Waals surface area contributed by atoms with Crippen LogP contribution < -0.4 is 0 Å². The zero-order valence-electron chi connectivity index (χ0n) is 16.3. The number of nitrogens with zero attached hydrogens (tertiary/aromatic N) is 3. The lowest BCUT2D eigenvalue weighted by Gasteiger charge is -2.35. The van der Waals surface area contributed by atoms with Gasteiger partial charge in [-0.05, 0) is 38.0 Å². The maximum absolute atomic E-state index is 9.86. The molecule has 3 nitrogen and oxygen atoms in total. The minimum absolute atomic E-state index is 0.345. The molecule has 1 fully saturated rings. The molecule has 0 amide bonds. The van der Waals surface area contributed by atoms with Crippen LogP contribution in [0.4, 0.5) is 0 Å².